The molecule has 2 aromatic rings. The number of aliphatic hydroxyl groups excluding tert-OH is 1. The number of methoxy groups -OCH3 is 1. The van der Waals surface area contributed by atoms with E-state index in [2.05, 4.69) is 0 Å². The second-order valence-electron chi connectivity index (χ2n) is 7.76. The summed E-state index contributed by atoms with van der Waals surface area (Å²) in [6.07, 6.45) is -0.0304. The van der Waals surface area contributed by atoms with Crippen molar-refractivity contribution in [3.8, 4) is 11.5 Å². The van der Waals surface area contributed by atoms with E-state index in [-0.39, 0.29) is 41.2 Å². The summed E-state index contributed by atoms with van der Waals surface area (Å²) in [4.78, 5) is 27.6. The number of hydrogen-bond acceptors (Lipinski definition) is 6. The van der Waals surface area contributed by atoms with E-state index in [0.717, 1.165) is 0 Å². The van der Waals surface area contributed by atoms with E-state index in [9.17, 15) is 14.7 Å². The maximum Gasteiger partial charge on any atom is 0.295 e. The Kier molecular flexibility index (Phi) is 8.00. The van der Waals surface area contributed by atoms with Crippen LogP contribution in [0.1, 0.15) is 37.9 Å². The zero-order valence-electron chi connectivity index (χ0n) is 19.1. The number of rotatable bonds is 9. The number of amides is 1. The molecule has 8 heteroatoms. The van der Waals surface area contributed by atoms with Crippen LogP contribution in [0.2, 0.25) is 5.02 Å². The Morgan fingerprint density at radius 1 is 1.15 bits per heavy atom. The van der Waals surface area contributed by atoms with Crippen molar-refractivity contribution in [2.24, 2.45) is 0 Å². The predicted octanol–water partition coefficient (Wildman–Crippen LogP) is 4.59. The van der Waals surface area contributed by atoms with E-state index in [1.807, 2.05) is 20.8 Å². The third-order valence-electron chi connectivity index (χ3n) is 5.24. The fraction of sp³-hybridized carbons (Fsp3) is 0.360. The van der Waals surface area contributed by atoms with Crippen molar-refractivity contribution in [1.82, 2.24) is 4.90 Å². The van der Waals surface area contributed by atoms with Gasteiger partial charge in [-0.15, -0.1) is 0 Å². The molecule has 0 aliphatic carbocycles. The lowest BCUT2D eigenvalue weighted by atomic mass is 9.95. The second-order valence-corrected chi connectivity index (χ2v) is 8.17. The van der Waals surface area contributed by atoms with E-state index in [0.29, 0.717) is 23.7 Å². The molecule has 0 aromatic heterocycles. The zero-order chi connectivity index (χ0) is 24.1. The van der Waals surface area contributed by atoms with Crippen molar-refractivity contribution in [2.45, 2.75) is 32.9 Å². The Labute approximate surface area is 198 Å². The van der Waals surface area contributed by atoms with E-state index in [4.69, 9.17) is 25.8 Å². The van der Waals surface area contributed by atoms with Gasteiger partial charge >= 0.3 is 0 Å². The average Bonchev–Trinajstić information content (AvgIpc) is 3.04. The number of nitrogens with zero attached hydrogens (tertiary/aromatic N) is 1. The summed E-state index contributed by atoms with van der Waals surface area (Å²) >= 11 is 6.33. The van der Waals surface area contributed by atoms with Crippen molar-refractivity contribution in [1.29, 1.82) is 0 Å². The highest BCUT2D eigenvalue weighted by molar-refractivity contribution is 6.47. The average molecular weight is 474 g/mol. The van der Waals surface area contributed by atoms with Crippen LogP contribution in [0.15, 0.2) is 48.0 Å². The van der Waals surface area contributed by atoms with Crippen LogP contribution >= 0.6 is 11.6 Å². The van der Waals surface area contributed by atoms with Gasteiger partial charge < -0.3 is 24.2 Å². The fourth-order valence-corrected chi connectivity index (χ4v) is 3.95. The molecule has 33 heavy (non-hydrogen) atoms. The van der Waals surface area contributed by atoms with Gasteiger partial charge in [0.2, 0.25) is 0 Å². The maximum absolute atomic E-state index is 13.1. The molecular weight excluding hydrogens is 446 g/mol. The van der Waals surface area contributed by atoms with Gasteiger partial charge in [0, 0.05) is 12.1 Å². The minimum Gasteiger partial charge on any atom is -0.507 e. The number of halogens is 1. The number of ether oxygens (including phenoxy) is 3. The van der Waals surface area contributed by atoms with Crippen LogP contribution < -0.4 is 9.47 Å². The van der Waals surface area contributed by atoms with Gasteiger partial charge in [0.1, 0.15) is 17.3 Å². The number of carbonyl (C=O) groups excluding carboxylic acids is 2. The molecule has 1 N–H and O–H groups in total. The van der Waals surface area contributed by atoms with Gasteiger partial charge in [0.15, 0.2) is 0 Å². The Bertz CT molecular complexity index is 1060. The van der Waals surface area contributed by atoms with Crippen LogP contribution in [0.4, 0.5) is 0 Å². The first-order valence-electron chi connectivity index (χ1n) is 10.7. The van der Waals surface area contributed by atoms with Gasteiger partial charge in [-0.2, -0.15) is 0 Å². The number of hydrogen-bond donors (Lipinski definition) is 1. The molecule has 1 aliphatic heterocycles. The number of aliphatic hydroxyl groups is 1. The molecule has 0 bridgehead atoms. The zero-order valence-corrected chi connectivity index (χ0v) is 19.9. The first-order valence-corrected chi connectivity index (χ1v) is 11.1. The number of benzene rings is 2. The van der Waals surface area contributed by atoms with Crippen LogP contribution in [0.25, 0.3) is 5.76 Å². The molecular formula is C25H28ClNO6. The van der Waals surface area contributed by atoms with E-state index >= 15 is 0 Å². The predicted molar refractivity (Wildman–Crippen MR) is 126 cm³/mol. The largest absolute Gasteiger partial charge is 0.507 e. The highest BCUT2D eigenvalue weighted by Crippen LogP contribution is 2.41. The first-order chi connectivity index (χ1) is 15.8. The molecule has 1 fully saturated rings. The molecule has 2 aromatic carbocycles. The van der Waals surface area contributed by atoms with Crippen molar-refractivity contribution in [3.05, 3.63) is 64.2 Å². The molecule has 0 spiro atoms. The molecule has 1 aliphatic rings. The maximum atomic E-state index is 13.1. The minimum absolute atomic E-state index is 0.0304. The first kappa shape index (κ1) is 24.6. The van der Waals surface area contributed by atoms with E-state index in [1.165, 1.54) is 18.1 Å². The van der Waals surface area contributed by atoms with Gasteiger partial charge in [0.25, 0.3) is 11.7 Å². The molecule has 0 radical (unpaired) electrons. The van der Waals surface area contributed by atoms with Crippen molar-refractivity contribution in [3.63, 3.8) is 0 Å². The Balaban J connectivity index is 2.15. The van der Waals surface area contributed by atoms with Gasteiger partial charge in [-0.1, -0.05) is 23.7 Å². The van der Waals surface area contributed by atoms with Crippen LogP contribution in [0, 0.1) is 0 Å². The highest BCUT2D eigenvalue weighted by Gasteiger charge is 2.46. The van der Waals surface area contributed by atoms with Gasteiger partial charge in [-0.25, -0.2) is 0 Å². The van der Waals surface area contributed by atoms with Crippen LogP contribution in [0.5, 0.6) is 11.5 Å². The van der Waals surface area contributed by atoms with Crippen molar-refractivity contribution >= 4 is 29.1 Å². The van der Waals surface area contributed by atoms with E-state index in [1.54, 1.807) is 36.4 Å². The topological polar surface area (TPSA) is 85.3 Å². The quantitative estimate of drug-likeness (QED) is 0.325. The third kappa shape index (κ3) is 5.31. The molecule has 7 nitrogen and oxygen atoms in total. The Morgan fingerprint density at radius 2 is 1.91 bits per heavy atom. The summed E-state index contributed by atoms with van der Waals surface area (Å²) in [5.74, 6) is -0.817. The van der Waals surface area contributed by atoms with Crippen LogP contribution in [-0.2, 0) is 14.3 Å². The second kappa shape index (κ2) is 10.7. The molecule has 1 amide bonds. The molecule has 176 valence electrons. The third-order valence-corrected chi connectivity index (χ3v) is 5.57. The Hall–Kier alpha value is -3.03. The lowest BCUT2D eigenvalue weighted by Gasteiger charge is -2.26. The molecule has 1 unspecified atom stereocenters. The summed E-state index contributed by atoms with van der Waals surface area (Å²) < 4.78 is 16.5. The Morgan fingerprint density at radius 3 is 2.58 bits per heavy atom. The summed E-state index contributed by atoms with van der Waals surface area (Å²) in [6.45, 7) is 6.53. The lowest BCUT2D eigenvalue weighted by molar-refractivity contribution is -0.140. The number of ketones is 1. The SMILES string of the molecule is CCOc1cccc(C2/C(=C(\O)c3cc(OC)ccc3Cl)C(=O)C(=O)N2CCOC(C)C)c1. The standard InChI is InChI=1S/C25H28ClNO6/c1-5-32-18-8-6-7-16(13-18)22-21(23(28)19-14-17(31-4)9-10-20(19)26)24(29)25(30)27(22)11-12-33-15(2)3/h6-10,13-15,22,28H,5,11-12H2,1-4H3/b23-21+. The summed E-state index contributed by atoms with van der Waals surface area (Å²) in [5.41, 5.74) is 0.789. The smallest absolute Gasteiger partial charge is 0.295 e. The van der Waals surface area contributed by atoms with Gasteiger partial charge in [-0.05, 0) is 56.7 Å². The summed E-state index contributed by atoms with van der Waals surface area (Å²) in [5, 5.41) is 11.4. The molecule has 0 saturated carbocycles. The van der Waals surface area contributed by atoms with Crippen molar-refractivity contribution in [2.75, 3.05) is 26.9 Å². The lowest BCUT2D eigenvalue weighted by Crippen LogP contribution is -2.33. The number of carbonyl (C=O) groups is 2. The number of likely N-dealkylation sites (tertiary alicyclic amines) is 1. The molecule has 3 rings (SSSR count). The minimum atomic E-state index is -0.830. The van der Waals surface area contributed by atoms with Gasteiger partial charge in [-0.3, -0.25) is 9.59 Å². The van der Waals surface area contributed by atoms with Gasteiger partial charge in [0.05, 0.1) is 43.1 Å². The molecule has 1 atom stereocenters. The summed E-state index contributed by atoms with van der Waals surface area (Å²) in [7, 11) is 1.49. The highest BCUT2D eigenvalue weighted by atomic mass is 35.5. The monoisotopic (exact) mass is 473 g/mol. The molecule has 1 saturated heterocycles. The summed E-state index contributed by atoms with van der Waals surface area (Å²) in [6, 6.07) is 11.0. The van der Waals surface area contributed by atoms with Crippen LogP contribution in [0.3, 0.4) is 0 Å². The number of Topliss-reactive ketones (excluding diaryl/α,β-unsaturated/α-hetero) is 1. The van der Waals surface area contributed by atoms with E-state index < -0.39 is 17.7 Å². The van der Waals surface area contributed by atoms with Crippen molar-refractivity contribution < 1.29 is 28.9 Å². The molecule has 1 heterocycles. The van der Waals surface area contributed by atoms with Crippen LogP contribution in [-0.4, -0.2) is 54.7 Å². The fourth-order valence-electron chi connectivity index (χ4n) is 3.74. The normalized spacial score (nSPS) is 17.6.